The first kappa shape index (κ1) is 16.5. The van der Waals surface area contributed by atoms with Gasteiger partial charge in [-0.05, 0) is 41.0 Å². The summed E-state index contributed by atoms with van der Waals surface area (Å²) in [5, 5.41) is 1.32. The second kappa shape index (κ2) is 6.75. The first-order valence-corrected chi connectivity index (χ1v) is 8.47. The van der Waals surface area contributed by atoms with Crippen LogP contribution in [0.5, 0.6) is 0 Å². The Kier molecular flexibility index (Phi) is 4.29. The standard InChI is InChI=1S/C21H14ClNO3/c22-19-11-10-15(14-6-2-1-3-7-14)12-16(19)13-26-23-20(24)17-8-4-5-9-18(17)21(23)25/h1-12H,13H2. The number of hydroxylamine groups is 2. The topological polar surface area (TPSA) is 46.6 Å². The number of hydrogen-bond acceptors (Lipinski definition) is 3. The molecule has 0 bridgehead atoms. The summed E-state index contributed by atoms with van der Waals surface area (Å²) in [6.45, 7) is 0.0188. The number of fused-ring (bicyclic) bond motifs is 1. The summed E-state index contributed by atoms with van der Waals surface area (Å²) >= 11 is 6.26. The van der Waals surface area contributed by atoms with Crippen molar-refractivity contribution >= 4 is 23.4 Å². The van der Waals surface area contributed by atoms with Gasteiger partial charge in [-0.15, -0.1) is 5.06 Å². The van der Waals surface area contributed by atoms with E-state index in [1.807, 2.05) is 42.5 Å². The van der Waals surface area contributed by atoms with Crippen LogP contribution in [0.2, 0.25) is 5.02 Å². The van der Waals surface area contributed by atoms with Crippen LogP contribution in [0.15, 0.2) is 72.8 Å². The maximum absolute atomic E-state index is 12.3. The average molecular weight is 364 g/mol. The summed E-state index contributed by atoms with van der Waals surface area (Å²) < 4.78 is 0. The van der Waals surface area contributed by atoms with E-state index in [0.717, 1.165) is 16.2 Å². The van der Waals surface area contributed by atoms with Crippen molar-refractivity contribution in [3.8, 4) is 11.1 Å². The smallest absolute Gasteiger partial charge is 0.266 e. The average Bonchev–Trinajstić information content (AvgIpc) is 2.93. The highest BCUT2D eigenvalue weighted by atomic mass is 35.5. The van der Waals surface area contributed by atoms with Gasteiger partial charge < -0.3 is 0 Å². The van der Waals surface area contributed by atoms with Crippen molar-refractivity contribution in [2.45, 2.75) is 6.61 Å². The maximum Gasteiger partial charge on any atom is 0.285 e. The van der Waals surface area contributed by atoms with Crippen molar-refractivity contribution in [3.63, 3.8) is 0 Å². The minimum Gasteiger partial charge on any atom is -0.266 e. The van der Waals surface area contributed by atoms with Crippen LogP contribution in [-0.2, 0) is 11.4 Å². The minimum absolute atomic E-state index is 0.0188. The molecule has 0 fully saturated rings. The van der Waals surface area contributed by atoms with E-state index in [1.54, 1.807) is 30.3 Å². The van der Waals surface area contributed by atoms with Gasteiger partial charge in [-0.2, -0.15) is 0 Å². The molecule has 0 saturated heterocycles. The van der Waals surface area contributed by atoms with Gasteiger partial charge in [-0.3, -0.25) is 14.4 Å². The lowest BCUT2D eigenvalue weighted by Crippen LogP contribution is -2.29. The van der Waals surface area contributed by atoms with Gasteiger partial charge in [0, 0.05) is 5.02 Å². The van der Waals surface area contributed by atoms with Crippen molar-refractivity contribution in [2.75, 3.05) is 0 Å². The van der Waals surface area contributed by atoms with Crippen LogP contribution in [0.4, 0.5) is 0 Å². The van der Waals surface area contributed by atoms with Crippen molar-refractivity contribution in [2.24, 2.45) is 0 Å². The monoisotopic (exact) mass is 363 g/mol. The Morgan fingerprint density at radius 1 is 0.769 bits per heavy atom. The van der Waals surface area contributed by atoms with Gasteiger partial charge >= 0.3 is 0 Å². The van der Waals surface area contributed by atoms with Crippen molar-refractivity contribution in [1.82, 2.24) is 5.06 Å². The number of nitrogens with zero attached hydrogens (tertiary/aromatic N) is 1. The molecule has 0 aromatic heterocycles. The maximum atomic E-state index is 12.3. The molecule has 1 aliphatic rings. The molecular formula is C21H14ClNO3. The van der Waals surface area contributed by atoms with Crippen LogP contribution < -0.4 is 0 Å². The Hall–Kier alpha value is -2.95. The number of amides is 2. The molecule has 0 aliphatic carbocycles. The van der Waals surface area contributed by atoms with Crippen molar-refractivity contribution < 1.29 is 14.4 Å². The molecule has 3 aromatic rings. The number of hydrogen-bond donors (Lipinski definition) is 0. The van der Waals surface area contributed by atoms with E-state index in [-0.39, 0.29) is 6.61 Å². The Labute approximate surface area is 155 Å². The van der Waals surface area contributed by atoms with Crippen LogP contribution in [0.3, 0.4) is 0 Å². The van der Waals surface area contributed by atoms with Crippen LogP contribution in [0.25, 0.3) is 11.1 Å². The number of carbonyl (C=O) groups excluding carboxylic acids is 2. The highest BCUT2D eigenvalue weighted by Crippen LogP contribution is 2.28. The van der Waals surface area contributed by atoms with Crippen LogP contribution in [0.1, 0.15) is 26.3 Å². The second-order valence-electron chi connectivity index (χ2n) is 5.90. The van der Waals surface area contributed by atoms with E-state index in [9.17, 15) is 9.59 Å². The predicted octanol–water partition coefficient (Wildman–Crippen LogP) is 4.73. The van der Waals surface area contributed by atoms with E-state index in [2.05, 4.69) is 0 Å². The zero-order valence-electron chi connectivity index (χ0n) is 13.7. The Morgan fingerprint density at radius 2 is 1.38 bits per heavy atom. The molecule has 0 saturated carbocycles. The highest BCUT2D eigenvalue weighted by molar-refractivity contribution is 6.31. The summed E-state index contributed by atoms with van der Waals surface area (Å²) in [7, 11) is 0. The third kappa shape index (κ3) is 2.90. The molecule has 3 aromatic carbocycles. The van der Waals surface area contributed by atoms with Gasteiger partial charge in [0.25, 0.3) is 11.8 Å². The van der Waals surface area contributed by atoms with E-state index in [1.165, 1.54) is 0 Å². The molecule has 26 heavy (non-hydrogen) atoms. The van der Waals surface area contributed by atoms with Crippen molar-refractivity contribution in [3.05, 3.63) is 94.5 Å². The zero-order chi connectivity index (χ0) is 18.1. The van der Waals surface area contributed by atoms with E-state index in [4.69, 9.17) is 16.4 Å². The lowest BCUT2D eigenvalue weighted by molar-refractivity contribution is -0.101. The lowest BCUT2D eigenvalue weighted by Gasteiger charge is -2.15. The highest BCUT2D eigenvalue weighted by Gasteiger charge is 2.36. The molecule has 0 unspecified atom stereocenters. The Balaban J connectivity index is 1.56. The third-order valence-electron chi connectivity index (χ3n) is 4.26. The molecule has 0 spiro atoms. The van der Waals surface area contributed by atoms with E-state index >= 15 is 0 Å². The van der Waals surface area contributed by atoms with Gasteiger partial charge in [0.15, 0.2) is 0 Å². The lowest BCUT2D eigenvalue weighted by atomic mass is 10.0. The molecule has 0 radical (unpaired) electrons. The molecule has 128 valence electrons. The van der Waals surface area contributed by atoms with Gasteiger partial charge in [0.05, 0.1) is 11.1 Å². The van der Waals surface area contributed by atoms with Crippen LogP contribution in [-0.4, -0.2) is 16.9 Å². The summed E-state index contributed by atoms with van der Waals surface area (Å²) in [5.41, 5.74) is 3.43. The van der Waals surface area contributed by atoms with Crippen LogP contribution in [0, 0.1) is 0 Å². The molecule has 1 aliphatic heterocycles. The Bertz CT molecular complexity index is 966. The summed E-state index contributed by atoms with van der Waals surface area (Å²) in [6.07, 6.45) is 0. The normalized spacial score (nSPS) is 13.2. The summed E-state index contributed by atoms with van der Waals surface area (Å²) in [6, 6.07) is 22.1. The largest absolute Gasteiger partial charge is 0.285 e. The second-order valence-corrected chi connectivity index (χ2v) is 6.30. The zero-order valence-corrected chi connectivity index (χ0v) is 14.4. The number of imide groups is 1. The fraction of sp³-hybridized carbons (Fsp3) is 0.0476. The van der Waals surface area contributed by atoms with E-state index < -0.39 is 11.8 Å². The fourth-order valence-corrected chi connectivity index (χ4v) is 3.09. The predicted molar refractivity (Wildman–Crippen MR) is 98.6 cm³/mol. The molecular weight excluding hydrogens is 350 g/mol. The van der Waals surface area contributed by atoms with Gasteiger partial charge in [-0.25, -0.2) is 0 Å². The van der Waals surface area contributed by atoms with E-state index in [0.29, 0.717) is 21.7 Å². The number of benzene rings is 3. The third-order valence-corrected chi connectivity index (χ3v) is 4.63. The molecule has 0 N–H and O–H groups in total. The molecule has 5 heteroatoms. The molecule has 0 atom stereocenters. The van der Waals surface area contributed by atoms with Crippen molar-refractivity contribution in [1.29, 1.82) is 0 Å². The fourth-order valence-electron chi connectivity index (χ4n) is 2.91. The Morgan fingerprint density at radius 3 is 2.04 bits per heavy atom. The molecule has 2 amide bonds. The first-order valence-electron chi connectivity index (χ1n) is 8.10. The number of rotatable bonds is 4. The van der Waals surface area contributed by atoms with Crippen LogP contribution >= 0.6 is 11.6 Å². The molecule has 4 nitrogen and oxygen atoms in total. The SMILES string of the molecule is O=C1c2ccccc2C(=O)N1OCc1cc(-c2ccccc2)ccc1Cl. The van der Waals surface area contributed by atoms with Gasteiger partial charge in [0.1, 0.15) is 6.61 Å². The molecule has 4 rings (SSSR count). The minimum atomic E-state index is -0.457. The number of carbonyl (C=O) groups is 2. The van der Waals surface area contributed by atoms with Gasteiger partial charge in [-0.1, -0.05) is 60.1 Å². The summed E-state index contributed by atoms with van der Waals surface area (Å²) in [4.78, 5) is 30.2. The molecule has 1 heterocycles. The number of halogens is 1. The first-order chi connectivity index (χ1) is 12.6. The summed E-state index contributed by atoms with van der Waals surface area (Å²) in [5.74, 6) is -0.915. The quantitative estimate of drug-likeness (QED) is 0.629. The van der Waals surface area contributed by atoms with Gasteiger partial charge in [0.2, 0.25) is 0 Å².